The van der Waals surface area contributed by atoms with Crippen LogP contribution in [0.1, 0.15) is 20.8 Å². The summed E-state index contributed by atoms with van der Waals surface area (Å²) in [7, 11) is 0. The Morgan fingerprint density at radius 1 is 1.14 bits per heavy atom. The van der Waals surface area contributed by atoms with Crippen LogP contribution in [0.5, 0.6) is 0 Å². The van der Waals surface area contributed by atoms with Crippen LogP contribution >= 0.6 is 27.5 Å². The summed E-state index contributed by atoms with van der Waals surface area (Å²) < 4.78 is 0. The summed E-state index contributed by atoms with van der Waals surface area (Å²) in [6.45, 7) is 0. The summed E-state index contributed by atoms with van der Waals surface area (Å²) >= 11 is 9.05. The summed E-state index contributed by atoms with van der Waals surface area (Å²) in [6, 6.07) is 9.93. The topological polar surface area (TPSA) is 59.4 Å². The monoisotopic (exact) mass is 362 g/mol. The number of ketones is 2. The van der Waals surface area contributed by atoms with Crippen molar-refractivity contribution in [3.63, 3.8) is 0 Å². The third kappa shape index (κ3) is 2.54. The Hall–Kier alpha value is -1.85. The van der Waals surface area contributed by atoms with Crippen molar-refractivity contribution in [2.45, 2.75) is 4.83 Å². The molecule has 1 aromatic carbocycles. The van der Waals surface area contributed by atoms with Gasteiger partial charge < -0.3 is 0 Å². The quantitative estimate of drug-likeness (QED) is 0.727. The first-order chi connectivity index (χ1) is 10.1. The molecule has 6 heteroatoms. The standard InChI is InChI=1S/C15H8BrClN2O2/c16-11-13(19-9-5-3-8(17)4-6-9)14(20)10-2-1-7-18-12(10)15(11)21/h1-7,11H. The van der Waals surface area contributed by atoms with Crippen molar-refractivity contribution in [1.82, 2.24) is 4.98 Å². The molecule has 0 fully saturated rings. The second kappa shape index (κ2) is 5.50. The van der Waals surface area contributed by atoms with E-state index in [1.165, 1.54) is 6.20 Å². The highest BCUT2D eigenvalue weighted by Gasteiger charge is 2.37. The molecule has 0 amide bonds. The molecule has 1 aliphatic carbocycles. The van der Waals surface area contributed by atoms with Crippen molar-refractivity contribution in [2.75, 3.05) is 0 Å². The van der Waals surface area contributed by atoms with Gasteiger partial charge in [-0.25, -0.2) is 4.99 Å². The fraction of sp³-hybridized carbons (Fsp3) is 0.0667. The normalized spacial score (nSPS) is 19.7. The number of rotatable bonds is 1. The Bertz CT molecular complexity index is 771. The van der Waals surface area contributed by atoms with E-state index in [0.29, 0.717) is 10.7 Å². The van der Waals surface area contributed by atoms with Crippen molar-refractivity contribution in [2.24, 2.45) is 4.99 Å². The maximum atomic E-state index is 12.5. The van der Waals surface area contributed by atoms with Gasteiger partial charge in [0.1, 0.15) is 16.2 Å². The lowest BCUT2D eigenvalue weighted by Gasteiger charge is -2.19. The smallest absolute Gasteiger partial charge is 0.211 e. The SMILES string of the molecule is O=C1C(=Nc2ccc(Cl)cc2)C(Br)C(=O)c2ncccc21. The zero-order valence-corrected chi connectivity index (χ0v) is 12.9. The molecule has 1 unspecified atom stereocenters. The van der Waals surface area contributed by atoms with E-state index in [0.717, 1.165) is 0 Å². The van der Waals surface area contributed by atoms with E-state index < -0.39 is 4.83 Å². The summed E-state index contributed by atoms with van der Waals surface area (Å²) in [5.74, 6) is -0.563. The number of pyridine rings is 1. The molecule has 21 heavy (non-hydrogen) atoms. The molecule has 1 aromatic heterocycles. The lowest BCUT2D eigenvalue weighted by atomic mass is 9.92. The number of halogens is 2. The number of fused-ring (bicyclic) bond motifs is 1. The molecular formula is C15H8BrClN2O2. The molecule has 0 aliphatic heterocycles. The van der Waals surface area contributed by atoms with Crippen molar-refractivity contribution in [3.8, 4) is 0 Å². The molecular weight excluding hydrogens is 356 g/mol. The number of carbonyl (C=O) groups excluding carboxylic acids is 2. The van der Waals surface area contributed by atoms with Crippen LogP contribution in [0.4, 0.5) is 5.69 Å². The average Bonchev–Trinajstić information content (AvgIpc) is 2.51. The molecule has 0 radical (unpaired) electrons. The largest absolute Gasteiger partial charge is 0.291 e. The van der Waals surface area contributed by atoms with E-state index in [9.17, 15) is 9.59 Å². The number of benzene rings is 1. The zero-order valence-electron chi connectivity index (χ0n) is 10.6. The van der Waals surface area contributed by atoms with Crippen LogP contribution in [0.25, 0.3) is 0 Å². The highest BCUT2D eigenvalue weighted by Crippen LogP contribution is 2.25. The zero-order chi connectivity index (χ0) is 15.0. The minimum Gasteiger partial charge on any atom is -0.291 e. The number of alkyl halides is 1. The fourth-order valence-electron chi connectivity index (χ4n) is 2.04. The van der Waals surface area contributed by atoms with E-state index in [4.69, 9.17) is 11.6 Å². The minimum atomic E-state index is -0.789. The van der Waals surface area contributed by atoms with Gasteiger partial charge in [0.25, 0.3) is 0 Å². The van der Waals surface area contributed by atoms with Gasteiger partial charge >= 0.3 is 0 Å². The molecule has 0 N–H and O–H groups in total. The summed E-state index contributed by atoms with van der Waals surface area (Å²) in [5, 5.41) is 0.579. The Morgan fingerprint density at radius 2 is 1.86 bits per heavy atom. The third-order valence-electron chi connectivity index (χ3n) is 3.06. The predicted molar refractivity (Wildman–Crippen MR) is 84.2 cm³/mol. The molecule has 2 aromatic rings. The van der Waals surface area contributed by atoms with Crippen LogP contribution in [-0.4, -0.2) is 27.1 Å². The fourth-order valence-corrected chi connectivity index (χ4v) is 2.70. The van der Waals surface area contributed by atoms with Gasteiger partial charge in [0.2, 0.25) is 11.6 Å². The highest BCUT2D eigenvalue weighted by atomic mass is 79.9. The Balaban J connectivity index is 2.10. The lowest BCUT2D eigenvalue weighted by Crippen LogP contribution is -2.38. The van der Waals surface area contributed by atoms with Crippen molar-refractivity contribution in [1.29, 1.82) is 0 Å². The van der Waals surface area contributed by atoms with Gasteiger partial charge in [-0.3, -0.25) is 14.6 Å². The Morgan fingerprint density at radius 3 is 2.57 bits per heavy atom. The van der Waals surface area contributed by atoms with Gasteiger partial charge in [0.05, 0.1) is 11.3 Å². The number of hydrogen-bond acceptors (Lipinski definition) is 4. The first-order valence-electron chi connectivity index (χ1n) is 6.10. The summed E-state index contributed by atoms with van der Waals surface area (Å²) in [5.41, 5.74) is 1.18. The van der Waals surface area contributed by atoms with Crippen LogP contribution in [0, 0.1) is 0 Å². The van der Waals surface area contributed by atoms with Crippen molar-refractivity contribution >= 4 is 50.5 Å². The second-order valence-corrected chi connectivity index (χ2v) is 5.78. The number of hydrogen-bond donors (Lipinski definition) is 0. The average molecular weight is 364 g/mol. The second-order valence-electron chi connectivity index (χ2n) is 4.43. The predicted octanol–water partition coefficient (Wildman–Crippen LogP) is 3.65. The minimum absolute atomic E-state index is 0.155. The van der Waals surface area contributed by atoms with Crippen molar-refractivity contribution < 1.29 is 9.59 Å². The molecule has 1 heterocycles. The first kappa shape index (κ1) is 14.1. The molecule has 4 nitrogen and oxygen atoms in total. The molecule has 0 saturated carbocycles. The Kier molecular flexibility index (Phi) is 3.69. The molecule has 0 bridgehead atoms. The van der Waals surface area contributed by atoms with E-state index in [2.05, 4.69) is 25.9 Å². The van der Waals surface area contributed by atoms with Crippen LogP contribution < -0.4 is 0 Å². The molecule has 0 spiro atoms. The van der Waals surface area contributed by atoms with Gasteiger partial charge in [0.15, 0.2) is 0 Å². The highest BCUT2D eigenvalue weighted by molar-refractivity contribution is 9.10. The first-order valence-corrected chi connectivity index (χ1v) is 7.39. The molecule has 1 atom stereocenters. The van der Waals surface area contributed by atoms with Gasteiger partial charge in [0, 0.05) is 11.2 Å². The van der Waals surface area contributed by atoms with E-state index in [1.54, 1.807) is 36.4 Å². The molecule has 3 rings (SSSR count). The maximum absolute atomic E-state index is 12.5. The van der Waals surface area contributed by atoms with E-state index in [1.807, 2.05) is 0 Å². The maximum Gasteiger partial charge on any atom is 0.211 e. The number of Topliss-reactive ketones (excluding diaryl/α,β-unsaturated/α-hetero) is 2. The molecule has 1 aliphatic rings. The van der Waals surface area contributed by atoms with E-state index >= 15 is 0 Å². The van der Waals surface area contributed by atoms with Gasteiger partial charge in [-0.1, -0.05) is 27.5 Å². The third-order valence-corrected chi connectivity index (χ3v) is 4.17. The molecule has 104 valence electrons. The van der Waals surface area contributed by atoms with Crippen LogP contribution in [0.15, 0.2) is 47.6 Å². The van der Waals surface area contributed by atoms with Gasteiger partial charge in [-0.2, -0.15) is 0 Å². The number of carbonyl (C=O) groups is 2. The number of aromatic nitrogens is 1. The van der Waals surface area contributed by atoms with Gasteiger partial charge in [-0.15, -0.1) is 0 Å². The summed E-state index contributed by atoms with van der Waals surface area (Å²) in [4.78, 5) is 32.2. The number of aliphatic imine (C=N–C) groups is 1. The van der Waals surface area contributed by atoms with E-state index in [-0.39, 0.29) is 28.5 Å². The number of nitrogens with zero attached hydrogens (tertiary/aromatic N) is 2. The van der Waals surface area contributed by atoms with Crippen LogP contribution in [0.2, 0.25) is 5.02 Å². The summed E-state index contributed by atoms with van der Waals surface area (Å²) in [6.07, 6.45) is 1.49. The Labute approximate surface area is 134 Å². The van der Waals surface area contributed by atoms with Crippen LogP contribution in [0.3, 0.4) is 0 Å². The van der Waals surface area contributed by atoms with Crippen molar-refractivity contribution in [3.05, 3.63) is 58.9 Å². The lowest BCUT2D eigenvalue weighted by molar-refractivity contribution is 0.0966. The van der Waals surface area contributed by atoms with Gasteiger partial charge in [-0.05, 0) is 36.4 Å². The van der Waals surface area contributed by atoms with Crippen LogP contribution in [-0.2, 0) is 0 Å². The molecule has 0 saturated heterocycles.